The van der Waals surface area contributed by atoms with Crippen molar-refractivity contribution in [2.45, 2.75) is 49.4 Å². The molecule has 6 heteroatoms. The molecular formula is C11H18N2O2S2. The highest BCUT2D eigenvalue weighted by Gasteiger charge is 2.36. The van der Waals surface area contributed by atoms with Crippen molar-refractivity contribution in [2.75, 3.05) is 5.73 Å². The Kier molecular flexibility index (Phi) is 3.47. The van der Waals surface area contributed by atoms with Gasteiger partial charge in [-0.15, -0.1) is 11.3 Å². The second-order valence-electron chi connectivity index (χ2n) is 4.66. The first-order chi connectivity index (χ1) is 7.93. The predicted molar refractivity (Wildman–Crippen MR) is 70.5 cm³/mol. The van der Waals surface area contributed by atoms with Gasteiger partial charge in [0.2, 0.25) is 0 Å². The van der Waals surface area contributed by atoms with Crippen molar-refractivity contribution >= 4 is 27.0 Å². The van der Waals surface area contributed by atoms with Crippen LogP contribution in [-0.2, 0) is 10.0 Å². The van der Waals surface area contributed by atoms with Gasteiger partial charge in [0.15, 0.2) is 0 Å². The van der Waals surface area contributed by atoms with E-state index in [-0.39, 0.29) is 12.1 Å². The van der Waals surface area contributed by atoms with E-state index in [2.05, 4.69) is 0 Å². The molecule has 4 nitrogen and oxygen atoms in total. The fourth-order valence-corrected chi connectivity index (χ4v) is 5.51. The Hall–Kier alpha value is -0.590. The molecule has 1 saturated heterocycles. The Morgan fingerprint density at radius 1 is 1.35 bits per heavy atom. The molecule has 0 saturated carbocycles. The first kappa shape index (κ1) is 12.9. The molecule has 2 N–H and O–H groups in total. The second kappa shape index (κ2) is 4.59. The van der Waals surface area contributed by atoms with Crippen molar-refractivity contribution in [1.29, 1.82) is 0 Å². The van der Waals surface area contributed by atoms with Gasteiger partial charge in [-0.2, -0.15) is 4.31 Å². The third-order valence-corrected chi connectivity index (χ3v) is 6.80. The molecule has 0 bridgehead atoms. The summed E-state index contributed by atoms with van der Waals surface area (Å²) in [5.74, 6) is 0. The van der Waals surface area contributed by atoms with Crippen LogP contribution in [0.4, 0.5) is 5.69 Å². The third kappa shape index (κ3) is 2.34. The zero-order chi connectivity index (χ0) is 12.6. The molecule has 0 aliphatic carbocycles. The van der Waals surface area contributed by atoms with E-state index < -0.39 is 10.0 Å². The van der Waals surface area contributed by atoms with E-state index in [1.54, 1.807) is 15.8 Å². The number of nitrogens with zero attached hydrogens (tertiary/aromatic N) is 1. The fraction of sp³-hybridized carbons (Fsp3) is 0.636. The molecule has 17 heavy (non-hydrogen) atoms. The summed E-state index contributed by atoms with van der Waals surface area (Å²) < 4.78 is 27.0. The maximum atomic E-state index is 12.5. The average Bonchev–Trinajstić information content (AvgIpc) is 2.64. The van der Waals surface area contributed by atoms with Crippen molar-refractivity contribution in [3.05, 3.63) is 11.4 Å². The molecule has 1 aromatic rings. The number of nitrogens with two attached hydrogens (primary N) is 1. The highest BCUT2D eigenvalue weighted by molar-refractivity contribution is 7.91. The van der Waals surface area contributed by atoms with Gasteiger partial charge in [0.25, 0.3) is 10.0 Å². The SMILES string of the molecule is C[C@@H]1CCC[C@H](C)N1S(=O)(=O)c1cc(N)cs1. The summed E-state index contributed by atoms with van der Waals surface area (Å²) >= 11 is 1.20. The van der Waals surface area contributed by atoms with Crippen LogP contribution < -0.4 is 5.73 Å². The fourth-order valence-electron chi connectivity index (χ4n) is 2.44. The number of anilines is 1. The summed E-state index contributed by atoms with van der Waals surface area (Å²) in [5, 5.41) is 1.67. The highest BCUT2D eigenvalue weighted by Crippen LogP contribution is 2.32. The number of hydrogen-bond acceptors (Lipinski definition) is 4. The van der Waals surface area contributed by atoms with Crippen molar-refractivity contribution < 1.29 is 8.42 Å². The smallest absolute Gasteiger partial charge is 0.253 e. The molecule has 2 heterocycles. The molecule has 0 amide bonds. The molecule has 0 aromatic carbocycles. The summed E-state index contributed by atoms with van der Waals surface area (Å²) in [6, 6.07) is 1.70. The van der Waals surface area contributed by atoms with Gasteiger partial charge < -0.3 is 5.73 Å². The number of piperidine rings is 1. The van der Waals surface area contributed by atoms with Gasteiger partial charge in [0.05, 0.1) is 0 Å². The van der Waals surface area contributed by atoms with Crippen LogP contribution in [0.1, 0.15) is 33.1 Å². The van der Waals surface area contributed by atoms with E-state index >= 15 is 0 Å². The van der Waals surface area contributed by atoms with Crippen molar-refractivity contribution in [3.8, 4) is 0 Å². The molecule has 0 radical (unpaired) electrons. The van der Waals surface area contributed by atoms with E-state index in [1.807, 2.05) is 13.8 Å². The lowest BCUT2D eigenvalue weighted by molar-refractivity contribution is 0.204. The zero-order valence-corrected chi connectivity index (χ0v) is 11.7. The van der Waals surface area contributed by atoms with Crippen LogP contribution in [0.25, 0.3) is 0 Å². The summed E-state index contributed by atoms with van der Waals surface area (Å²) in [6.07, 6.45) is 2.97. The molecular weight excluding hydrogens is 256 g/mol. The minimum Gasteiger partial charge on any atom is -0.398 e. The van der Waals surface area contributed by atoms with Crippen LogP contribution in [-0.4, -0.2) is 24.8 Å². The van der Waals surface area contributed by atoms with Crippen LogP contribution in [0.5, 0.6) is 0 Å². The van der Waals surface area contributed by atoms with Crippen LogP contribution in [0.15, 0.2) is 15.7 Å². The molecule has 1 aromatic heterocycles. The standard InChI is InChI=1S/C11H18N2O2S2/c1-8-4-3-5-9(2)13(8)17(14,15)11-6-10(12)7-16-11/h6-9H,3-5,12H2,1-2H3/t8-,9+. The quantitative estimate of drug-likeness (QED) is 0.900. The Labute approximate surface area is 106 Å². The van der Waals surface area contributed by atoms with Gasteiger partial charge >= 0.3 is 0 Å². The molecule has 2 rings (SSSR count). The van der Waals surface area contributed by atoms with E-state index in [0.717, 1.165) is 19.3 Å². The van der Waals surface area contributed by atoms with Crippen LogP contribution in [0.3, 0.4) is 0 Å². The molecule has 1 aliphatic heterocycles. The van der Waals surface area contributed by atoms with Gasteiger partial charge in [0, 0.05) is 23.2 Å². The summed E-state index contributed by atoms with van der Waals surface area (Å²) in [6.45, 7) is 3.95. The zero-order valence-electron chi connectivity index (χ0n) is 10.1. The molecule has 2 atom stereocenters. The van der Waals surface area contributed by atoms with Crippen LogP contribution in [0.2, 0.25) is 0 Å². The number of sulfonamides is 1. The average molecular weight is 274 g/mol. The van der Waals surface area contributed by atoms with Crippen molar-refractivity contribution in [1.82, 2.24) is 4.31 Å². The highest BCUT2D eigenvalue weighted by atomic mass is 32.2. The molecule has 96 valence electrons. The first-order valence-electron chi connectivity index (χ1n) is 5.80. The predicted octanol–water partition coefficient (Wildman–Crippen LogP) is 2.28. The maximum absolute atomic E-state index is 12.5. The lowest BCUT2D eigenvalue weighted by Crippen LogP contribution is -2.47. The normalized spacial score (nSPS) is 27.2. The van der Waals surface area contributed by atoms with E-state index in [1.165, 1.54) is 11.3 Å². The molecule has 0 spiro atoms. The summed E-state index contributed by atoms with van der Waals surface area (Å²) in [4.78, 5) is 0. The van der Waals surface area contributed by atoms with Gasteiger partial charge in [0.1, 0.15) is 4.21 Å². The lowest BCUT2D eigenvalue weighted by Gasteiger charge is -2.37. The van der Waals surface area contributed by atoms with Crippen LogP contribution >= 0.6 is 11.3 Å². The van der Waals surface area contributed by atoms with Crippen molar-refractivity contribution in [3.63, 3.8) is 0 Å². The number of thiophene rings is 1. The minimum absolute atomic E-state index is 0.0760. The van der Waals surface area contributed by atoms with E-state index in [4.69, 9.17) is 5.73 Å². The molecule has 0 unspecified atom stereocenters. The topological polar surface area (TPSA) is 63.4 Å². The van der Waals surface area contributed by atoms with Gasteiger partial charge in [-0.1, -0.05) is 6.42 Å². The monoisotopic (exact) mass is 274 g/mol. The number of hydrogen-bond donors (Lipinski definition) is 1. The van der Waals surface area contributed by atoms with E-state index in [9.17, 15) is 8.42 Å². The molecule has 1 fully saturated rings. The largest absolute Gasteiger partial charge is 0.398 e. The second-order valence-corrected chi connectivity index (χ2v) is 7.64. The van der Waals surface area contributed by atoms with Crippen LogP contribution in [0, 0.1) is 0 Å². The Bertz CT molecular complexity index is 485. The number of rotatable bonds is 2. The molecule has 1 aliphatic rings. The van der Waals surface area contributed by atoms with Gasteiger partial charge in [-0.3, -0.25) is 0 Å². The Balaban J connectivity index is 2.37. The van der Waals surface area contributed by atoms with Gasteiger partial charge in [-0.25, -0.2) is 8.42 Å². The summed E-state index contributed by atoms with van der Waals surface area (Å²) in [5.41, 5.74) is 6.12. The Morgan fingerprint density at radius 2 is 1.94 bits per heavy atom. The van der Waals surface area contributed by atoms with Gasteiger partial charge in [-0.05, 0) is 32.8 Å². The minimum atomic E-state index is -3.37. The Morgan fingerprint density at radius 3 is 2.41 bits per heavy atom. The maximum Gasteiger partial charge on any atom is 0.253 e. The number of nitrogen functional groups attached to an aromatic ring is 1. The summed E-state index contributed by atoms with van der Waals surface area (Å²) in [7, 11) is -3.37. The lowest BCUT2D eigenvalue weighted by atomic mass is 10.0. The first-order valence-corrected chi connectivity index (χ1v) is 8.12. The van der Waals surface area contributed by atoms with Crippen molar-refractivity contribution in [2.24, 2.45) is 0 Å². The third-order valence-electron chi connectivity index (χ3n) is 3.24. The van der Waals surface area contributed by atoms with E-state index in [0.29, 0.717) is 9.90 Å².